The Bertz CT molecular complexity index is 320. The fraction of sp³-hybridized carbons (Fsp3) is 0.750. The van der Waals surface area contributed by atoms with Crippen LogP contribution in [0.1, 0.15) is 6.42 Å². The van der Waals surface area contributed by atoms with E-state index in [1.54, 1.807) is 0 Å². The predicted octanol–water partition coefficient (Wildman–Crippen LogP) is -0.543. The molecule has 14 heavy (non-hydrogen) atoms. The number of hydrogen-bond acceptors (Lipinski definition) is 3. The average Bonchev–Trinajstić information content (AvgIpc) is 2.72. The molecule has 0 aliphatic heterocycles. The van der Waals surface area contributed by atoms with E-state index in [-0.39, 0.29) is 6.42 Å². The molecule has 0 radical (unpaired) electrons. The summed E-state index contributed by atoms with van der Waals surface area (Å²) in [7, 11) is 0. The van der Waals surface area contributed by atoms with Crippen molar-refractivity contribution >= 4 is 11.9 Å². The molecule has 0 aromatic heterocycles. The third-order valence-corrected chi connectivity index (χ3v) is 3.30. The summed E-state index contributed by atoms with van der Waals surface area (Å²) in [5, 5.41) is 17.5. The van der Waals surface area contributed by atoms with Crippen LogP contribution < -0.4 is 5.73 Å². The second-order valence-electron chi connectivity index (χ2n) is 4.03. The molecule has 2 fully saturated rings. The summed E-state index contributed by atoms with van der Waals surface area (Å²) in [5.41, 5.74) is 3.82. The van der Waals surface area contributed by atoms with Gasteiger partial charge >= 0.3 is 11.9 Å². The van der Waals surface area contributed by atoms with Crippen molar-refractivity contribution in [3.8, 4) is 0 Å². The van der Waals surface area contributed by atoms with E-state index in [4.69, 9.17) is 15.9 Å². The molecule has 0 amide bonds. The van der Waals surface area contributed by atoms with Crippen LogP contribution in [-0.2, 0) is 9.59 Å². The van der Waals surface area contributed by atoms with Gasteiger partial charge in [0.15, 0.2) is 0 Å². The number of halogens is 1. The standard InChI is InChI=1S/C8H10FNO4/c9-2-1-8(10,7(13)14)5-3(2)4(5)6(11)12/h2-5H,1,10H2,(H,11,12)(H,13,14)/t2?,3?,4-,5?,8?/m0/s1. The molecule has 2 saturated carbocycles. The lowest BCUT2D eigenvalue weighted by Crippen LogP contribution is -2.50. The molecule has 2 aliphatic rings. The summed E-state index contributed by atoms with van der Waals surface area (Å²) in [6.45, 7) is 0. The van der Waals surface area contributed by atoms with Crippen LogP contribution in [0, 0.1) is 17.8 Å². The van der Waals surface area contributed by atoms with E-state index in [0.717, 1.165) is 0 Å². The normalized spacial score (nSPS) is 49.9. The summed E-state index contributed by atoms with van der Waals surface area (Å²) in [4.78, 5) is 21.4. The molecular formula is C8H10FNO4. The van der Waals surface area contributed by atoms with Gasteiger partial charge in [-0.1, -0.05) is 0 Å². The lowest BCUT2D eigenvalue weighted by atomic mass is 9.91. The maximum Gasteiger partial charge on any atom is 0.324 e. The molecule has 4 unspecified atom stereocenters. The van der Waals surface area contributed by atoms with Crippen LogP contribution in [0.15, 0.2) is 0 Å². The van der Waals surface area contributed by atoms with Gasteiger partial charge in [-0.25, -0.2) is 4.39 Å². The monoisotopic (exact) mass is 203 g/mol. The average molecular weight is 203 g/mol. The highest BCUT2D eigenvalue weighted by molar-refractivity contribution is 5.85. The quantitative estimate of drug-likeness (QED) is 0.559. The van der Waals surface area contributed by atoms with Gasteiger partial charge in [0.2, 0.25) is 0 Å². The van der Waals surface area contributed by atoms with Crippen LogP contribution in [-0.4, -0.2) is 33.9 Å². The molecule has 0 spiro atoms. The van der Waals surface area contributed by atoms with E-state index in [1.165, 1.54) is 0 Å². The molecule has 0 aromatic rings. The lowest BCUT2D eigenvalue weighted by Gasteiger charge is -2.21. The maximum absolute atomic E-state index is 13.2. The Morgan fingerprint density at radius 1 is 1.43 bits per heavy atom. The Morgan fingerprint density at radius 3 is 2.36 bits per heavy atom. The fourth-order valence-corrected chi connectivity index (χ4v) is 2.59. The molecule has 4 N–H and O–H groups in total. The molecule has 5 atom stereocenters. The molecule has 0 saturated heterocycles. The zero-order valence-electron chi connectivity index (χ0n) is 7.18. The van der Waals surface area contributed by atoms with Crippen molar-refractivity contribution in [3.63, 3.8) is 0 Å². The molecule has 0 bridgehead atoms. The van der Waals surface area contributed by atoms with Crippen LogP contribution in [0.3, 0.4) is 0 Å². The zero-order valence-corrected chi connectivity index (χ0v) is 7.18. The van der Waals surface area contributed by atoms with Crippen LogP contribution in [0.5, 0.6) is 0 Å². The Kier molecular flexibility index (Phi) is 1.64. The minimum absolute atomic E-state index is 0.276. The van der Waals surface area contributed by atoms with Crippen LogP contribution in [0.2, 0.25) is 0 Å². The highest BCUT2D eigenvalue weighted by Crippen LogP contribution is 2.62. The van der Waals surface area contributed by atoms with Crippen molar-refractivity contribution < 1.29 is 24.2 Å². The first-order valence-electron chi connectivity index (χ1n) is 4.28. The SMILES string of the molecule is NC1(C(=O)O)CC(F)C2C1[C@H]2C(=O)O. The minimum atomic E-state index is -1.69. The number of rotatable bonds is 2. The van der Waals surface area contributed by atoms with Gasteiger partial charge in [-0.15, -0.1) is 0 Å². The van der Waals surface area contributed by atoms with Crippen LogP contribution in [0.4, 0.5) is 4.39 Å². The van der Waals surface area contributed by atoms with E-state index in [9.17, 15) is 14.0 Å². The topological polar surface area (TPSA) is 101 Å². The smallest absolute Gasteiger partial charge is 0.324 e. The number of alkyl halides is 1. The van der Waals surface area contributed by atoms with Gasteiger partial charge < -0.3 is 15.9 Å². The van der Waals surface area contributed by atoms with Crippen molar-refractivity contribution in [3.05, 3.63) is 0 Å². The largest absolute Gasteiger partial charge is 0.481 e. The Labute approximate surface area is 78.7 Å². The molecule has 5 nitrogen and oxygen atoms in total. The van der Waals surface area contributed by atoms with Crippen molar-refractivity contribution in [2.45, 2.75) is 18.1 Å². The number of hydrogen-bond donors (Lipinski definition) is 3. The minimum Gasteiger partial charge on any atom is -0.481 e. The molecule has 2 aliphatic carbocycles. The number of nitrogens with two attached hydrogens (primary N) is 1. The van der Waals surface area contributed by atoms with E-state index in [2.05, 4.69) is 0 Å². The number of carboxylic acid groups (broad SMARTS) is 2. The van der Waals surface area contributed by atoms with Gasteiger partial charge in [0.25, 0.3) is 0 Å². The third-order valence-electron chi connectivity index (χ3n) is 3.30. The third kappa shape index (κ3) is 0.914. The lowest BCUT2D eigenvalue weighted by molar-refractivity contribution is -0.145. The first-order valence-corrected chi connectivity index (χ1v) is 4.28. The summed E-state index contributed by atoms with van der Waals surface area (Å²) in [6.07, 6.45) is -1.68. The van der Waals surface area contributed by atoms with Crippen molar-refractivity contribution in [1.29, 1.82) is 0 Å². The highest BCUT2D eigenvalue weighted by atomic mass is 19.1. The number of carbonyl (C=O) groups is 2. The second-order valence-corrected chi connectivity index (χ2v) is 4.03. The van der Waals surface area contributed by atoms with Gasteiger partial charge in [0, 0.05) is 18.3 Å². The molecular weight excluding hydrogens is 193 g/mol. The van der Waals surface area contributed by atoms with E-state index >= 15 is 0 Å². The zero-order chi connectivity index (χ0) is 10.7. The van der Waals surface area contributed by atoms with Gasteiger partial charge in [-0.05, 0) is 0 Å². The van der Waals surface area contributed by atoms with E-state index in [1.807, 2.05) is 0 Å². The Hall–Kier alpha value is -1.17. The van der Waals surface area contributed by atoms with Crippen molar-refractivity contribution in [2.75, 3.05) is 0 Å². The number of aliphatic carboxylic acids is 2. The second kappa shape index (κ2) is 2.44. The molecule has 0 heterocycles. The predicted molar refractivity (Wildman–Crippen MR) is 42.2 cm³/mol. The summed E-state index contributed by atoms with van der Waals surface area (Å²) in [6, 6.07) is 0. The first-order chi connectivity index (χ1) is 6.39. The van der Waals surface area contributed by atoms with Gasteiger partial charge in [-0.2, -0.15) is 0 Å². The van der Waals surface area contributed by atoms with Crippen molar-refractivity contribution in [2.24, 2.45) is 23.5 Å². The molecule has 0 aromatic carbocycles. The highest BCUT2D eigenvalue weighted by Gasteiger charge is 2.74. The van der Waals surface area contributed by atoms with Gasteiger partial charge in [0.05, 0.1) is 5.92 Å². The van der Waals surface area contributed by atoms with E-state index < -0.39 is 41.4 Å². The molecule has 6 heteroatoms. The molecule has 2 rings (SSSR count). The fourth-order valence-electron chi connectivity index (χ4n) is 2.59. The summed E-state index contributed by atoms with van der Waals surface area (Å²) < 4.78 is 13.2. The summed E-state index contributed by atoms with van der Waals surface area (Å²) in [5.74, 6) is -4.82. The number of fused-ring (bicyclic) bond motifs is 1. The van der Waals surface area contributed by atoms with Gasteiger partial charge in [0.1, 0.15) is 11.7 Å². The van der Waals surface area contributed by atoms with Crippen LogP contribution >= 0.6 is 0 Å². The molecule has 78 valence electrons. The van der Waals surface area contributed by atoms with Crippen molar-refractivity contribution in [1.82, 2.24) is 0 Å². The Morgan fingerprint density at radius 2 is 2.00 bits per heavy atom. The first kappa shape index (κ1) is 9.39. The van der Waals surface area contributed by atoms with Crippen LogP contribution in [0.25, 0.3) is 0 Å². The summed E-state index contributed by atoms with van der Waals surface area (Å²) >= 11 is 0. The number of carboxylic acids is 2. The maximum atomic E-state index is 13.2. The Balaban J connectivity index is 2.26. The van der Waals surface area contributed by atoms with E-state index in [0.29, 0.717) is 0 Å². The van der Waals surface area contributed by atoms with Gasteiger partial charge in [-0.3, -0.25) is 9.59 Å².